The minimum absolute atomic E-state index is 0.131. The summed E-state index contributed by atoms with van der Waals surface area (Å²) in [6, 6.07) is 9.98. The summed E-state index contributed by atoms with van der Waals surface area (Å²) in [7, 11) is -3.38. The van der Waals surface area contributed by atoms with Crippen LogP contribution in [0.2, 0.25) is 0 Å². The lowest BCUT2D eigenvalue weighted by atomic mass is 10.1. The topological polar surface area (TPSA) is 83.5 Å². The Kier molecular flexibility index (Phi) is 5.33. The highest BCUT2D eigenvalue weighted by atomic mass is 32.2. The maximum Gasteiger partial charge on any atom is 0.260 e. The molecule has 0 spiro atoms. The first-order chi connectivity index (χ1) is 11.9. The third kappa shape index (κ3) is 4.55. The summed E-state index contributed by atoms with van der Waals surface area (Å²) in [5.74, 6) is 0.151. The molecule has 0 atom stereocenters. The number of carbonyl (C=O) groups is 1. The normalized spacial score (nSPS) is 15.4. The van der Waals surface area contributed by atoms with E-state index < -0.39 is 9.84 Å². The van der Waals surface area contributed by atoms with Gasteiger partial charge >= 0.3 is 0 Å². The van der Waals surface area contributed by atoms with Gasteiger partial charge < -0.3 is 9.80 Å². The second-order valence-electron chi connectivity index (χ2n) is 5.99. The van der Waals surface area contributed by atoms with Crippen LogP contribution in [0.25, 0.3) is 0 Å². The van der Waals surface area contributed by atoms with Crippen LogP contribution in [0.15, 0.2) is 35.5 Å². The van der Waals surface area contributed by atoms with Crippen LogP contribution in [0, 0.1) is 0 Å². The van der Waals surface area contributed by atoms with Crippen molar-refractivity contribution < 1.29 is 13.2 Å². The summed E-state index contributed by atoms with van der Waals surface area (Å²) in [5, 5.41) is 0.464. The number of aryl methyl sites for hydroxylation is 1. The van der Waals surface area contributed by atoms with Gasteiger partial charge in [-0.3, -0.25) is 4.79 Å². The van der Waals surface area contributed by atoms with Crippen molar-refractivity contribution in [3.8, 4) is 0 Å². The summed E-state index contributed by atoms with van der Waals surface area (Å²) in [5.41, 5.74) is 1.16. The number of carbonyl (C=O) groups excluding carboxylic acids is 1. The van der Waals surface area contributed by atoms with Crippen LogP contribution in [0.3, 0.4) is 0 Å². The molecule has 25 heavy (non-hydrogen) atoms. The van der Waals surface area contributed by atoms with E-state index in [1.807, 2.05) is 40.1 Å². The zero-order valence-corrected chi connectivity index (χ0v) is 15.6. The fourth-order valence-electron chi connectivity index (χ4n) is 2.68. The Balaban J connectivity index is 1.51. The van der Waals surface area contributed by atoms with Gasteiger partial charge in [0.15, 0.2) is 0 Å². The number of rotatable bonds is 5. The van der Waals surface area contributed by atoms with Crippen molar-refractivity contribution >= 4 is 32.4 Å². The molecule has 0 saturated carbocycles. The van der Waals surface area contributed by atoms with Crippen LogP contribution in [0.5, 0.6) is 0 Å². The standard InChI is InChI=1S/C16H20N4O3S2/c1-25(22,23)15-17-16(24-18-15)20-11-9-19(10-12-20)14(21)8-7-13-5-3-2-4-6-13/h2-6H,7-12H2,1H3. The zero-order valence-electron chi connectivity index (χ0n) is 14.0. The Morgan fingerprint density at radius 2 is 1.84 bits per heavy atom. The molecule has 3 rings (SSSR count). The van der Waals surface area contributed by atoms with Crippen LogP contribution < -0.4 is 4.90 Å². The Labute approximate surface area is 151 Å². The lowest BCUT2D eigenvalue weighted by Crippen LogP contribution is -2.48. The van der Waals surface area contributed by atoms with E-state index in [0.717, 1.165) is 29.8 Å². The second kappa shape index (κ2) is 7.49. The number of sulfone groups is 1. The van der Waals surface area contributed by atoms with E-state index in [9.17, 15) is 13.2 Å². The Hall–Kier alpha value is -2.00. The predicted molar refractivity (Wildman–Crippen MR) is 96.6 cm³/mol. The van der Waals surface area contributed by atoms with Gasteiger partial charge in [-0.2, -0.15) is 9.36 Å². The second-order valence-corrected chi connectivity index (χ2v) is 8.62. The van der Waals surface area contributed by atoms with Gasteiger partial charge in [0, 0.05) is 50.4 Å². The smallest absolute Gasteiger partial charge is 0.260 e. The van der Waals surface area contributed by atoms with E-state index >= 15 is 0 Å². The number of amides is 1. The number of aromatic nitrogens is 2. The molecule has 1 aliphatic heterocycles. The minimum atomic E-state index is -3.38. The van der Waals surface area contributed by atoms with E-state index in [4.69, 9.17) is 0 Å². The first-order valence-corrected chi connectivity index (χ1v) is 10.7. The summed E-state index contributed by atoms with van der Waals surface area (Å²) < 4.78 is 26.8. The fraction of sp³-hybridized carbons (Fsp3) is 0.438. The molecule has 0 radical (unpaired) electrons. The molecule has 0 N–H and O–H groups in total. The SMILES string of the molecule is CS(=O)(=O)c1nsc(N2CCN(C(=O)CCc3ccccc3)CC2)n1. The molecule has 0 aliphatic carbocycles. The number of nitrogens with zero attached hydrogens (tertiary/aromatic N) is 4. The number of hydrogen-bond donors (Lipinski definition) is 0. The van der Waals surface area contributed by atoms with Gasteiger partial charge in [0.2, 0.25) is 20.9 Å². The van der Waals surface area contributed by atoms with Gasteiger partial charge in [-0.05, 0) is 12.0 Å². The molecular formula is C16H20N4O3S2. The summed E-state index contributed by atoms with van der Waals surface area (Å²) >= 11 is 1.08. The highest BCUT2D eigenvalue weighted by Crippen LogP contribution is 2.21. The van der Waals surface area contributed by atoms with Crippen molar-refractivity contribution in [2.24, 2.45) is 0 Å². The van der Waals surface area contributed by atoms with Crippen LogP contribution in [0.1, 0.15) is 12.0 Å². The van der Waals surface area contributed by atoms with Crippen molar-refractivity contribution in [1.82, 2.24) is 14.3 Å². The van der Waals surface area contributed by atoms with Crippen LogP contribution in [-0.2, 0) is 21.1 Å². The van der Waals surface area contributed by atoms with Crippen molar-refractivity contribution in [2.45, 2.75) is 18.0 Å². The minimum Gasteiger partial charge on any atom is -0.343 e. The molecule has 1 saturated heterocycles. The highest BCUT2D eigenvalue weighted by molar-refractivity contribution is 7.90. The van der Waals surface area contributed by atoms with E-state index in [-0.39, 0.29) is 11.1 Å². The van der Waals surface area contributed by atoms with E-state index in [2.05, 4.69) is 9.36 Å². The molecule has 0 unspecified atom stereocenters. The fourth-order valence-corrected chi connectivity index (χ4v) is 4.27. The average molecular weight is 380 g/mol. The van der Waals surface area contributed by atoms with Gasteiger partial charge in [-0.15, -0.1) is 0 Å². The number of benzene rings is 1. The molecule has 7 nitrogen and oxygen atoms in total. The van der Waals surface area contributed by atoms with Crippen molar-refractivity contribution in [1.29, 1.82) is 0 Å². The summed E-state index contributed by atoms with van der Waals surface area (Å²) in [6.45, 7) is 2.49. The average Bonchev–Trinajstić information content (AvgIpc) is 3.11. The van der Waals surface area contributed by atoms with E-state index in [1.165, 1.54) is 0 Å². The van der Waals surface area contributed by atoms with Crippen molar-refractivity contribution in [3.63, 3.8) is 0 Å². The lowest BCUT2D eigenvalue weighted by molar-refractivity contribution is -0.131. The van der Waals surface area contributed by atoms with Gasteiger partial charge in [-0.25, -0.2) is 8.42 Å². The quantitative estimate of drug-likeness (QED) is 0.776. The molecule has 2 aromatic rings. The highest BCUT2D eigenvalue weighted by Gasteiger charge is 2.24. The lowest BCUT2D eigenvalue weighted by Gasteiger charge is -2.34. The van der Waals surface area contributed by atoms with Crippen LogP contribution >= 0.6 is 11.5 Å². The molecule has 9 heteroatoms. The first kappa shape index (κ1) is 17.8. The van der Waals surface area contributed by atoms with Gasteiger partial charge in [-0.1, -0.05) is 30.3 Å². The third-order valence-corrected chi connectivity index (χ3v) is 5.84. The number of anilines is 1. The van der Waals surface area contributed by atoms with Crippen LogP contribution in [0.4, 0.5) is 5.13 Å². The monoisotopic (exact) mass is 380 g/mol. The molecule has 0 bridgehead atoms. The van der Waals surface area contributed by atoms with E-state index in [0.29, 0.717) is 37.7 Å². The molecule has 1 aromatic carbocycles. The zero-order chi connectivity index (χ0) is 17.9. The molecular weight excluding hydrogens is 360 g/mol. The summed E-state index contributed by atoms with van der Waals surface area (Å²) in [4.78, 5) is 20.3. The molecule has 1 fully saturated rings. The maximum atomic E-state index is 12.4. The third-order valence-electron chi connectivity index (χ3n) is 4.10. The maximum absolute atomic E-state index is 12.4. The largest absolute Gasteiger partial charge is 0.343 e. The molecule has 1 aliphatic rings. The van der Waals surface area contributed by atoms with Crippen LogP contribution in [-0.4, -0.2) is 61.0 Å². The Bertz CT molecular complexity index is 828. The number of hydrogen-bond acceptors (Lipinski definition) is 7. The molecule has 2 heterocycles. The molecule has 1 aromatic heterocycles. The van der Waals surface area contributed by atoms with E-state index in [1.54, 1.807) is 0 Å². The van der Waals surface area contributed by atoms with Crippen molar-refractivity contribution in [2.75, 3.05) is 37.3 Å². The Morgan fingerprint density at radius 1 is 1.16 bits per heavy atom. The number of piperazine rings is 1. The van der Waals surface area contributed by atoms with Gasteiger partial charge in [0.1, 0.15) is 0 Å². The van der Waals surface area contributed by atoms with Gasteiger partial charge in [0.05, 0.1) is 0 Å². The Morgan fingerprint density at radius 3 is 2.44 bits per heavy atom. The van der Waals surface area contributed by atoms with Crippen molar-refractivity contribution in [3.05, 3.63) is 35.9 Å². The molecule has 134 valence electrons. The molecule has 1 amide bonds. The first-order valence-electron chi connectivity index (χ1n) is 8.04. The van der Waals surface area contributed by atoms with Gasteiger partial charge in [0.25, 0.3) is 5.16 Å². The predicted octanol–water partition coefficient (Wildman–Crippen LogP) is 1.22. The summed E-state index contributed by atoms with van der Waals surface area (Å²) in [6.07, 6.45) is 2.34.